The number of ether oxygens (including phenoxy) is 1. The number of benzene rings is 2. The van der Waals surface area contributed by atoms with E-state index in [2.05, 4.69) is 51.1 Å². The van der Waals surface area contributed by atoms with Crippen LogP contribution in [0.3, 0.4) is 0 Å². The molecular formula is C21H26O. The third-order valence-electron chi connectivity index (χ3n) is 3.98. The average molecular weight is 294 g/mol. The highest BCUT2D eigenvalue weighted by atomic mass is 16.5. The minimum absolute atomic E-state index is 0.591. The predicted molar refractivity (Wildman–Crippen MR) is 94.8 cm³/mol. The van der Waals surface area contributed by atoms with Crippen LogP contribution in [0.25, 0.3) is 0 Å². The summed E-state index contributed by atoms with van der Waals surface area (Å²) in [6.45, 7) is 6.62. The van der Waals surface area contributed by atoms with Gasteiger partial charge in [0.05, 0.1) is 0 Å². The van der Waals surface area contributed by atoms with Crippen LogP contribution in [0.4, 0.5) is 0 Å². The first-order chi connectivity index (χ1) is 10.7. The Morgan fingerprint density at radius 2 is 1.73 bits per heavy atom. The van der Waals surface area contributed by atoms with E-state index in [0.29, 0.717) is 5.92 Å². The Morgan fingerprint density at radius 3 is 2.36 bits per heavy atom. The maximum Gasteiger partial charge on any atom is 0.127 e. The van der Waals surface area contributed by atoms with Crippen LogP contribution in [0.1, 0.15) is 50.2 Å². The first-order valence-corrected chi connectivity index (χ1v) is 8.23. The van der Waals surface area contributed by atoms with E-state index in [4.69, 9.17) is 4.74 Å². The van der Waals surface area contributed by atoms with Crippen molar-refractivity contribution in [3.63, 3.8) is 0 Å². The smallest absolute Gasteiger partial charge is 0.127 e. The summed E-state index contributed by atoms with van der Waals surface area (Å²) >= 11 is 0. The van der Waals surface area contributed by atoms with Crippen molar-refractivity contribution in [2.75, 3.05) is 0 Å². The van der Waals surface area contributed by atoms with E-state index in [1.54, 1.807) is 0 Å². The molecule has 0 saturated carbocycles. The number of hydrogen-bond acceptors (Lipinski definition) is 1. The van der Waals surface area contributed by atoms with E-state index >= 15 is 0 Å². The Kier molecular flexibility index (Phi) is 6.27. The van der Waals surface area contributed by atoms with Gasteiger partial charge in [-0.05, 0) is 67.5 Å². The van der Waals surface area contributed by atoms with Crippen molar-refractivity contribution in [3.8, 4) is 11.5 Å². The van der Waals surface area contributed by atoms with Crippen LogP contribution in [-0.4, -0.2) is 0 Å². The Morgan fingerprint density at radius 1 is 0.955 bits per heavy atom. The lowest BCUT2D eigenvalue weighted by atomic mass is 9.89. The molecule has 0 bridgehead atoms. The molecular weight excluding hydrogens is 268 g/mol. The van der Waals surface area contributed by atoms with Gasteiger partial charge < -0.3 is 4.74 Å². The van der Waals surface area contributed by atoms with Crippen LogP contribution >= 0.6 is 0 Å². The lowest BCUT2D eigenvalue weighted by molar-refractivity contribution is 0.481. The highest BCUT2D eigenvalue weighted by Crippen LogP contribution is 2.30. The van der Waals surface area contributed by atoms with Gasteiger partial charge in [0.25, 0.3) is 0 Å². The number of rotatable bonds is 7. The second-order valence-corrected chi connectivity index (χ2v) is 5.65. The molecule has 0 N–H and O–H groups in total. The Bertz CT molecular complexity index is 599. The third-order valence-corrected chi connectivity index (χ3v) is 3.98. The van der Waals surface area contributed by atoms with Crippen LogP contribution in [0.2, 0.25) is 0 Å². The lowest BCUT2D eigenvalue weighted by Gasteiger charge is -2.17. The molecule has 0 amide bonds. The van der Waals surface area contributed by atoms with Gasteiger partial charge in [-0.15, -0.1) is 0 Å². The summed E-state index contributed by atoms with van der Waals surface area (Å²) in [5.41, 5.74) is 2.74. The summed E-state index contributed by atoms with van der Waals surface area (Å²) in [5, 5.41) is 0. The molecule has 116 valence electrons. The molecule has 1 atom stereocenters. The molecule has 0 aliphatic rings. The minimum atomic E-state index is 0.591. The molecule has 0 fully saturated rings. The van der Waals surface area contributed by atoms with Crippen molar-refractivity contribution in [2.45, 2.75) is 46.0 Å². The topological polar surface area (TPSA) is 9.23 Å². The van der Waals surface area contributed by atoms with E-state index in [1.807, 2.05) is 30.3 Å². The zero-order chi connectivity index (χ0) is 15.8. The average Bonchev–Trinajstić information content (AvgIpc) is 2.54. The summed E-state index contributed by atoms with van der Waals surface area (Å²) in [6, 6.07) is 16.4. The molecule has 1 nitrogen and oxygen atoms in total. The maximum absolute atomic E-state index is 5.91. The second-order valence-electron chi connectivity index (χ2n) is 5.65. The maximum atomic E-state index is 5.91. The van der Waals surface area contributed by atoms with E-state index in [1.165, 1.54) is 11.1 Å². The van der Waals surface area contributed by atoms with Crippen molar-refractivity contribution in [1.29, 1.82) is 0 Å². The van der Waals surface area contributed by atoms with Gasteiger partial charge >= 0.3 is 0 Å². The van der Waals surface area contributed by atoms with Crippen molar-refractivity contribution in [1.82, 2.24) is 0 Å². The SMILES string of the molecule is CC/C=C\CC(CC)c1ccc(Oc2ccccc2)cc1C. The normalized spacial score (nSPS) is 12.5. The summed E-state index contributed by atoms with van der Waals surface area (Å²) < 4.78 is 5.91. The Hall–Kier alpha value is -2.02. The monoisotopic (exact) mass is 294 g/mol. The zero-order valence-electron chi connectivity index (χ0n) is 13.9. The van der Waals surface area contributed by atoms with Crippen LogP contribution < -0.4 is 4.74 Å². The number of hydrogen-bond donors (Lipinski definition) is 0. The Labute approximate surface area is 134 Å². The fraction of sp³-hybridized carbons (Fsp3) is 0.333. The third kappa shape index (κ3) is 4.49. The van der Waals surface area contributed by atoms with Gasteiger partial charge in [-0.1, -0.05) is 50.3 Å². The van der Waals surface area contributed by atoms with Gasteiger partial charge in [0.1, 0.15) is 11.5 Å². The van der Waals surface area contributed by atoms with Crippen molar-refractivity contribution >= 4 is 0 Å². The van der Waals surface area contributed by atoms with E-state index in [0.717, 1.165) is 30.8 Å². The van der Waals surface area contributed by atoms with Gasteiger partial charge in [0.15, 0.2) is 0 Å². The van der Waals surface area contributed by atoms with Crippen molar-refractivity contribution in [3.05, 3.63) is 71.8 Å². The molecule has 2 aromatic carbocycles. The van der Waals surface area contributed by atoms with Crippen LogP contribution in [0.5, 0.6) is 11.5 Å². The van der Waals surface area contributed by atoms with Crippen LogP contribution in [-0.2, 0) is 0 Å². The molecule has 1 unspecified atom stereocenters. The largest absolute Gasteiger partial charge is 0.457 e. The number of para-hydroxylation sites is 1. The summed E-state index contributed by atoms with van der Waals surface area (Å²) in [7, 11) is 0. The minimum Gasteiger partial charge on any atom is -0.457 e. The standard InChI is InChI=1S/C21H26O/c1-4-6-8-11-18(5-2)21-15-14-20(16-17(21)3)22-19-12-9-7-10-13-19/h6-10,12-16,18H,4-5,11H2,1-3H3/b8-6-. The number of allylic oxidation sites excluding steroid dienone is 2. The van der Waals surface area contributed by atoms with Gasteiger partial charge in [0, 0.05) is 0 Å². The van der Waals surface area contributed by atoms with Gasteiger partial charge in [-0.25, -0.2) is 0 Å². The lowest BCUT2D eigenvalue weighted by Crippen LogP contribution is -1.99. The first kappa shape index (κ1) is 16.4. The molecule has 2 rings (SSSR count). The molecule has 0 aliphatic carbocycles. The molecule has 1 heteroatoms. The molecule has 0 saturated heterocycles. The number of aryl methyl sites for hydroxylation is 1. The molecule has 0 radical (unpaired) electrons. The van der Waals surface area contributed by atoms with E-state index < -0.39 is 0 Å². The molecule has 0 aromatic heterocycles. The Balaban J connectivity index is 2.12. The van der Waals surface area contributed by atoms with Gasteiger partial charge in [-0.3, -0.25) is 0 Å². The molecule has 0 spiro atoms. The van der Waals surface area contributed by atoms with Crippen LogP contribution in [0, 0.1) is 6.92 Å². The van der Waals surface area contributed by atoms with Crippen molar-refractivity contribution < 1.29 is 4.74 Å². The van der Waals surface area contributed by atoms with E-state index in [-0.39, 0.29) is 0 Å². The quantitative estimate of drug-likeness (QED) is 0.520. The van der Waals surface area contributed by atoms with Gasteiger partial charge in [-0.2, -0.15) is 0 Å². The molecule has 0 aliphatic heterocycles. The van der Waals surface area contributed by atoms with Crippen LogP contribution in [0.15, 0.2) is 60.7 Å². The zero-order valence-corrected chi connectivity index (χ0v) is 13.9. The summed E-state index contributed by atoms with van der Waals surface area (Å²) in [5.74, 6) is 2.38. The molecule has 22 heavy (non-hydrogen) atoms. The second kappa shape index (κ2) is 8.43. The predicted octanol–water partition coefficient (Wildman–Crippen LogP) is 6.64. The fourth-order valence-corrected chi connectivity index (χ4v) is 2.74. The molecule has 2 aromatic rings. The highest BCUT2D eigenvalue weighted by Gasteiger charge is 2.11. The van der Waals surface area contributed by atoms with Gasteiger partial charge in [0.2, 0.25) is 0 Å². The first-order valence-electron chi connectivity index (χ1n) is 8.23. The summed E-state index contributed by atoms with van der Waals surface area (Å²) in [6.07, 6.45) is 7.95. The molecule has 0 heterocycles. The highest BCUT2D eigenvalue weighted by molar-refractivity contribution is 5.39. The van der Waals surface area contributed by atoms with E-state index in [9.17, 15) is 0 Å². The summed E-state index contributed by atoms with van der Waals surface area (Å²) in [4.78, 5) is 0. The van der Waals surface area contributed by atoms with Crippen molar-refractivity contribution in [2.24, 2.45) is 0 Å². The fourth-order valence-electron chi connectivity index (χ4n) is 2.74.